The normalized spacial score (nSPS) is 11.3. The second-order valence-electron chi connectivity index (χ2n) is 10.5. The highest BCUT2D eigenvalue weighted by molar-refractivity contribution is 6.19. The topological polar surface area (TPSA) is 16.4 Å². The van der Waals surface area contributed by atoms with Crippen molar-refractivity contribution < 1.29 is 4.42 Å². The van der Waals surface area contributed by atoms with Crippen LogP contribution in [-0.2, 0) is 0 Å². The molecule has 2 nitrogen and oxygen atoms in total. The molecule has 8 rings (SSSR count). The summed E-state index contributed by atoms with van der Waals surface area (Å²) >= 11 is 0. The average molecular weight is 538 g/mol. The zero-order valence-corrected chi connectivity index (χ0v) is 22.9. The van der Waals surface area contributed by atoms with E-state index in [1.807, 2.05) is 0 Å². The molecule has 0 aliphatic carbocycles. The summed E-state index contributed by atoms with van der Waals surface area (Å²) < 4.78 is 6.54. The maximum absolute atomic E-state index is 6.54. The molecule has 0 saturated heterocycles. The Morgan fingerprint density at radius 2 is 1.05 bits per heavy atom. The summed E-state index contributed by atoms with van der Waals surface area (Å²) in [5, 5.41) is 4.58. The van der Waals surface area contributed by atoms with Crippen LogP contribution in [0.5, 0.6) is 0 Å². The Hall–Kier alpha value is -5.60. The summed E-state index contributed by atoms with van der Waals surface area (Å²) in [7, 11) is 0. The maximum Gasteiger partial charge on any atom is 0.143 e. The number of anilines is 3. The number of furan rings is 1. The number of para-hydroxylation sites is 2. The fraction of sp³-hybridized carbons (Fsp3) is 0. The number of nitrogens with zero attached hydrogens (tertiary/aromatic N) is 1. The molecule has 0 saturated carbocycles. The summed E-state index contributed by atoms with van der Waals surface area (Å²) in [6.45, 7) is 0. The molecule has 1 aromatic heterocycles. The monoisotopic (exact) mass is 537 g/mol. The Kier molecular flexibility index (Phi) is 5.82. The number of benzene rings is 7. The van der Waals surface area contributed by atoms with Crippen LogP contribution >= 0.6 is 0 Å². The lowest BCUT2D eigenvalue weighted by Gasteiger charge is -2.28. The van der Waals surface area contributed by atoms with Crippen molar-refractivity contribution in [3.63, 3.8) is 0 Å². The van der Waals surface area contributed by atoms with Crippen molar-refractivity contribution in [2.24, 2.45) is 0 Å². The van der Waals surface area contributed by atoms with Crippen LogP contribution in [0.4, 0.5) is 17.1 Å². The molecule has 0 fully saturated rings. The van der Waals surface area contributed by atoms with Crippen LogP contribution in [0.15, 0.2) is 168 Å². The molecular formula is C40H27NO. The number of fused-ring (bicyclic) bond motifs is 5. The SMILES string of the molecule is c1ccc(-c2ccc(N(c3ccccc3)c3ccccc3-c3cccc4oc5c6ccccc6ccc5c34)cc2)cc1. The second kappa shape index (κ2) is 10.1. The first-order valence-corrected chi connectivity index (χ1v) is 14.3. The van der Waals surface area contributed by atoms with E-state index in [0.29, 0.717) is 0 Å². The predicted octanol–water partition coefficient (Wildman–Crippen LogP) is 11.5. The molecule has 198 valence electrons. The van der Waals surface area contributed by atoms with Gasteiger partial charge >= 0.3 is 0 Å². The van der Waals surface area contributed by atoms with E-state index in [0.717, 1.165) is 55.5 Å². The number of rotatable bonds is 5. The van der Waals surface area contributed by atoms with Crippen LogP contribution in [0.2, 0.25) is 0 Å². The van der Waals surface area contributed by atoms with E-state index >= 15 is 0 Å². The molecule has 0 amide bonds. The van der Waals surface area contributed by atoms with E-state index in [1.54, 1.807) is 0 Å². The summed E-state index contributed by atoms with van der Waals surface area (Å²) in [6.07, 6.45) is 0. The molecule has 8 aromatic rings. The molecule has 0 atom stereocenters. The zero-order chi connectivity index (χ0) is 27.9. The van der Waals surface area contributed by atoms with E-state index in [-0.39, 0.29) is 0 Å². The van der Waals surface area contributed by atoms with Gasteiger partial charge in [-0.25, -0.2) is 0 Å². The predicted molar refractivity (Wildman–Crippen MR) is 177 cm³/mol. The van der Waals surface area contributed by atoms with Crippen molar-refractivity contribution in [1.29, 1.82) is 0 Å². The summed E-state index contributed by atoms with van der Waals surface area (Å²) in [4.78, 5) is 2.35. The standard InChI is InChI=1S/C40H27NO/c1-3-12-28(13-4-1)29-22-25-32(26-23-29)41(31-15-5-2-6-16-31)37-20-10-9-18-34(37)35-19-11-21-38-39(35)36-27-24-30-14-7-8-17-33(30)40(36)42-38/h1-27H. The quantitative estimate of drug-likeness (QED) is 0.217. The van der Waals surface area contributed by atoms with Crippen LogP contribution in [0, 0.1) is 0 Å². The average Bonchev–Trinajstić information content (AvgIpc) is 3.46. The van der Waals surface area contributed by atoms with Crippen molar-refractivity contribution in [3.8, 4) is 22.3 Å². The highest BCUT2D eigenvalue weighted by atomic mass is 16.3. The highest BCUT2D eigenvalue weighted by Gasteiger charge is 2.20. The Morgan fingerprint density at radius 1 is 0.405 bits per heavy atom. The third-order valence-electron chi connectivity index (χ3n) is 8.07. The Labute approximate surface area is 244 Å². The Bertz CT molecular complexity index is 2180. The molecule has 0 unspecified atom stereocenters. The molecule has 0 N–H and O–H groups in total. The largest absolute Gasteiger partial charge is 0.455 e. The first-order chi connectivity index (χ1) is 20.8. The second-order valence-corrected chi connectivity index (χ2v) is 10.5. The van der Waals surface area contributed by atoms with E-state index in [1.165, 1.54) is 16.5 Å². The number of hydrogen-bond donors (Lipinski definition) is 0. The van der Waals surface area contributed by atoms with Gasteiger partial charge < -0.3 is 9.32 Å². The third kappa shape index (κ3) is 4.05. The van der Waals surface area contributed by atoms with Gasteiger partial charge in [0.05, 0.1) is 5.69 Å². The van der Waals surface area contributed by atoms with Crippen molar-refractivity contribution in [3.05, 3.63) is 164 Å². The molecule has 42 heavy (non-hydrogen) atoms. The minimum atomic E-state index is 0.895. The van der Waals surface area contributed by atoms with Crippen molar-refractivity contribution in [2.75, 3.05) is 4.90 Å². The third-order valence-corrected chi connectivity index (χ3v) is 8.07. The van der Waals surface area contributed by atoms with Gasteiger partial charge in [0.15, 0.2) is 0 Å². The fourth-order valence-corrected chi connectivity index (χ4v) is 6.11. The molecule has 0 aliphatic rings. The van der Waals surface area contributed by atoms with Gasteiger partial charge in [-0.1, -0.05) is 121 Å². The molecule has 0 bridgehead atoms. The minimum absolute atomic E-state index is 0.895. The van der Waals surface area contributed by atoms with Crippen LogP contribution in [-0.4, -0.2) is 0 Å². The lowest BCUT2D eigenvalue weighted by atomic mass is 9.96. The van der Waals surface area contributed by atoms with Gasteiger partial charge in [0.2, 0.25) is 0 Å². The molecule has 1 heterocycles. The summed E-state index contributed by atoms with van der Waals surface area (Å²) in [5.74, 6) is 0. The fourth-order valence-electron chi connectivity index (χ4n) is 6.11. The molecule has 0 radical (unpaired) electrons. The van der Waals surface area contributed by atoms with Gasteiger partial charge in [0, 0.05) is 33.1 Å². The molecular weight excluding hydrogens is 510 g/mol. The zero-order valence-electron chi connectivity index (χ0n) is 22.9. The Morgan fingerprint density at radius 3 is 1.88 bits per heavy atom. The van der Waals surface area contributed by atoms with Crippen LogP contribution in [0.3, 0.4) is 0 Å². The number of hydrogen-bond acceptors (Lipinski definition) is 2. The molecule has 7 aromatic carbocycles. The molecule has 2 heteroatoms. The minimum Gasteiger partial charge on any atom is -0.455 e. The smallest absolute Gasteiger partial charge is 0.143 e. The van der Waals surface area contributed by atoms with Gasteiger partial charge in [-0.05, 0) is 64.5 Å². The lowest BCUT2D eigenvalue weighted by Crippen LogP contribution is -2.11. The van der Waals surface area contributed by atoms with Crippen molar-refractivity contribution >= 4 is 49.8 Å². The lowest BCUT2D eigenvalue weighted by molar-refractivity contribution is 0.673. The summed E-state index contributed by atoms with van der Waals surface area (Å²) in [5.41, 5.74) is 9.85. The Balaban J connectivity index is 1.34. The van der Waals surface area contributed by atoms with E-state index in [4.69, 9.17) is 4.42 Å². The van der Waals surface area contributed by atoms with Gasteiger partial charge in [-0.2, -0.15) is 0 Å². The molecule has 0 aliphatic heterocycles. The molecule has 0 spiro atoms. The van der Waals surface area contributed by atoms with Gasteiger partial charge in [-0.3, -0.25) is 0 Å². The van der Waals surface area contributed by atoms with E-state index in [9.17, 15) is 0 Å². The first-order valence-electron chi connectivity index (χ1n) is 14.3. The van der Waals surface area contributed by atoms with Gasteiger partial charge in [0.25, 0.3) is 0 Å². The van der Waals surface area contributed by atoms with Crippen LogP contribution in [0.25, 0.3) is 55.0 Å². The van der Waals surface area contributed by atoms with Gasteiger partial charge in [-0.15, -0.1) is 0 Å². The first kappa shape index (κ1) is 24.2. The van der Waals surface area contributed by atoms with Crippen LogP contribution < -0.4 is 4.90 Å². The van der Waals surface area contributed by atoms with E-state index < -0.39 is 0 Å². The van der Waals surface area contributed by atoms with Crippen LogP contribution in [0.1, 0.15) is 0 Å². The summed E-state index contributed by atoms with van der Waals surface area (Å²) in [6, 6.07) is 57.8. The van der Waals surface area contributed by atoms with E-state index in [2.05, 4.69) is 169 Å². The maximum atomic E-state index is 6.54. The van der Waals surface area contributed by atoms with Gasteiger partial charge in [0.1, 0.15) is 11.2 Å². The van der Waals surface area contributed by atoms with Crippen molar-refractivity contribution in [2.45, 2.75) is 0 Å². The van der Waals surface area contributed by atoms with Crippen molar-refractivity contribution in [1.82, 2.24) is 0 Å². The highest BCUT2D eigenvalue weighted by Crippen LogP contribution is 2.45.